The van der Waals surface area contributed by atoms with Gasteiger partial charge in [0, 0.05) is 11.6 Å². The van der Waals surface area contributed by atoms with Gasteiger partial charge in [-0.15, -0.1) is 0 Å². The van der Waals surface area contributed by atoms with Crippen molar-refractivity contribution in [2.45, 2.75) is 38.7 Å². The van der Waals surface area contributed by atoms with Crippen molar-refractivity contribution in [1.82, 2.24) is 0 Å². The van der Waals surface area contributed by atoms with Gasteiger partial charge in [0.1, 0.15) is 0 Å². The van der Waals surface area contributed by atoms with E-state index in [0.29, 0.717) is 6.61 Å². The molecule has 0 aromatic heterocycles. The van der Waals surface area contributed by atoms with Crippen LogP contribution in [0.2, 0.25) is 10.1 Å². The van der Waals surface area contributed by atoms with Crippen LogP contribution in [-0.4, -0.2) is 14.9 Å². The van der Waals surface area contributed by atoms with Crippen molar-refractivity contribution in [3.05, 3.63) is 114 Å². The third-order valence-electron chi connectivity index (χ3n) is 5.78. The summed E-state index contributed by atoms with van der Waals surface area (Å²) in [6.07, 6.45) is 6.05. The number of halogens is 1. The summed E-state index contributed by atoms with van der Waals surface area (Å²) < 4.78 is 6.92. The van der Waals surface area contributed by atoms with Crippen LogP contribution in [0, 0.1) is 0 Å². The van der Waals surface area contributed by atoms with E-state index in [1.54, 1.807) is 0 Å². The van der Waals surface area contributed by atoms with E-state index in [-0.39, 0.29) is 5.04 Å². The lowest BCUT2D eigenvalue weighted by Crippen LogP contribution is -2.66. The molecule has 0 amide bonds. The molecule has 0 fully saturated rings. The van der Waals surface area contributed by atoms with Gasteiger partial charge < -0.3 is 4.43 Å². The van der Waals surface area contributed by atoms with Crippen LogP contribution < -0.4 is 10.4 Å². The zero-order valence-corrected chi connectivity index (χ0v) is 21.1. The Kier molecular flexibility index (Phi) is 8.30. The van der Waals surface area contributed by atoms with Crippen LogP contribution >= 0.6 is 11.6 Å². The van der Waals surface area contributed by atoms with Gasteiger partial charge in [0.2, 0.25) is 0 Å². The molecule has 3 aromatic rings. The van der Waals surface area contributed by atoms with E-state index in [0.717, 1.165) is 29.0 Å². The third kappa shape index (κ3) is 5.69. The van der Waals surface area contributed by atoms with Crippen LogP contribution in [0.25, 0.3) is 5.57 Å². The standard InChI is InChI=1S/C29H33ClOSi/c1-24(25-16-14-17-26(30)23-25)15-8-7-13-22-31-32(29(2,3)4,27-18-9-5-10-19-27)28-20-11-6-12-21-28/h5-12,14,16-21,23H,1,13,15,22H2,2-4H3/b8-7+. The average Bonchev–Trinajstić information content (AvgIpc) is 2.79. The molecule has 0 radical (unpaired) electrons. The minimum atomic E-state index is -2.46. The van der Waals surface area contributed by atoms with Gasteiger partial charge in [-0.25, -0.2) is 0 Å². The minimum absolute atomic E-state index is 0.000282. The van der Waals surface area contributed by atoms with Crippen molar-refractivity contribution < 1.29 is 4.43 Å². The molecule has 1 nitrogen and oxygen atoms in total. The molecule has 0 saturated heterocycles. The Bertz CT molecular complexity index is 996. The highest BCUT2D eigenvalue weighted by Crippen LogP contribution is 2.36. The maximum atomic E-state index is 6.92. The van der Waals surface area contributed by atoms with Crippen LogP contribution in [0.15, 0.2) is 104 Å². The highest BCUT2D eigenvalue weighted by molar-refractivity contribution is 6.99. The summed E-state index contributed by atoms with van der Waals surface area (Å²) in [4.78, 5) is 0. The fourth-order valence-electron chi connectivity index (χ4n) is 4.21. The molecule has 3 heteroatoms. The molecule has 0 unspecified atom stereocenters. The average molecular weight is 461 g/mol. The fourth-order valence-corrected chi connectivity index (χ4v) is 8.98. The highest BCUT2D eigenvalue weighted by Gasteiger charge is 2.49. The van der Waals surface area contributed by atoms with Crippen molar-refractivity contribution >= 4 is 35.9 Å². The molecule has 0 N–H and O–H groups in total. The second-order valence-electron chi connectivity index (χ2n) is 9.09. The summed E-state index contributed by atoms with van der Waals surface area (Å²) in [5, 5.41) is 3.38. The third-order valence-corrected chi connectivity index (χ3v) is 11.1. The maximum absolute atomic E-state index is 6.92. The largest absolute Gasteiger partial charge is 0.407 e. The number of hydrogen-bond donors (Lipinski definition) is 0. The van der Waals surface area contributed by atoms with Gasteiger partial charge in [-0.2, -0.15) is 0 Å². The first-order chi connectivity index (χ1) is 15.3. The van der Waals surface area contributed by atoms with E-state index in [9.17, 15) is 0 Å². The van der Waals surface area contributed by atoms with Crippen LogP contribution in [0.5, 0.6) is 0 Å². The predicted octanol–water partition coefficient (Wildman–Crippen LogP) is 7.27. The highest BCUT2D eigenvalue weighted by atomic mass is 35.5. The van der Waals surface area contributed by atoms with Crippen LogP contribution in [-0.2, 0) is 4.43 Å². The zero-order valence-electron chi connectivity index (χ0n) is 19.4. The number of allylic oxidation sites excluding steroid dienone is 2. The molecule has 0 spiro atoms. The van der Waals surface area contributed by atoms with Gasteiger partial charge in [-0.1, -0.05) is 124 Å². The zero-order chi connectivity index (χ0) is 23.0. The molecule has 0 saturated carbocycles. The summed E-state index contributed by atoms with van der Waals surface area (Å²) in [6.45, 7) is 11.8. The van der Waals surface area contributed by atoms with Gasteiger partial charge in [0.15, 0.2) is 0 Å². The molecule has 0 heterocycles. The van der Waals surface area contributed by atoms with Gasteiger partial charge >= 0.3 is 0 Å². The minimum Gasteiger partial charge on any atom is -0.407 e. The van der Waals surface area contributed by atoms with Crippen molar-refractivity contribution in [3.8, 4) is 0 Å². The second-order valence-corrected chi connectivity index (χ2v) is 13.8. The van der Waals surface area contributed by atoms with E-state index in [1.807, 2.05) is 24.3 Å². The molecule has 0 aliphatic heterocycles. The monoisotopic (exact) mass is 460 g/mol. The Balaban J connectivity index is 1.72. The predicted molar refractivity (Wildman–Crippen MR) is 142 cm³/mol. The van der Waals surface area contributed by atoms with Crippen molar-refractivity contribution in [1.29, 1.82) is 0 Å². The molecular formula is C29H33ClOSi. The summed E-state index contributed by atoms with van der Waals surface area (Å²) in [7, 11) is -2.46. The summed E-state index contributed by atoms with van der Waals surface area (Å²) in [5.41, 5.74) is 2.15. The molecule has 3 rings (SSSR count). The first-order valence-electron chi connectivity index (χ1n) is 11.2. The van der Waals surface area contributed by atoms with Gasteiger partial charge in [0.05, 0.1) is 0 Å². The SMILES string of the molecule is C=C(C/C=C/CCO[Si](c1ccccc1)(c1ccccc1)C(C)(C)C)c1cccc(Cl)c1. The van der Waals surface area contributed by atoms with Crippen molar-refractivity contribution in [2.75, 3.05) is 6.61 Å². The Morgan fingerprint density at radius 3 is 2.00 bits per heavy atom. The van der Waals surface area contributed by atoms with E-state index in [1.165, 1.54) is 10.4 Å². The Labute approximate surface area is 199 Å². The van der Waals surface area contributed by atoms with Crippen molar-refractivity contribution in [2.24, 2.45) is 0 Å². The lowest BCUT2D eigenvalue weighted by molar-refractivity contribution is 0.304. The lowest BCUT2D eigenvalue weighted by Gasteiger charge is -2.43. The topological polar surface area (TPSA) is 9.23 Å². The summed E-state index contributed by atoms with van der Waals surface area (Å²) >= 11 is 6.10. The smallest absolute Gasteiger partial charge is 0.261 e. The number of rotatable bonds is 9. The normalized spacial score (nSPS) is 12.2. The molecule has 0 bridgehead atoms. The summed E-state index contributed by atoms with van der Waals surface area (Å²) in [6, 6.07) is 29.4. The molecular weight excluding hydrogens is 428 g/mol. The summed E-state index contributed by atoms with van der Waals surface area (Å²) in [5.74, 6) is 0. The van der Waals surface area contributed by atoms with Gasteiger partial charge in [-0.05, 0) is 51.5 Å². The quantitative estimate of drug-likeness (QED) is 0.185. The molecule has 166 valence electrons. The van der Waals surface area contributed by atoms with E-state index in [4.69, 9.17) is 16.0 Å². The Morgan fingerprint density at radius 2 is 1.47 bits per heavy atom. The van der Waals surface area contributed by atoms with Crippen molar-refractivity contribution in [3.63, 3.8) is 0 Å². The van der Waals surface area contributed by atoms with Crippen LogP contribution in [0.1, 0.15) is 39.2 Å². The van der Waals surface area contributed by atoms with E-state index in [2.05, 4.69) is 100 Å². The fraction of sp³-hybridized carbons (Fsp3) is 0.241. The first-order valence-corrected chi connectivity index (χ1v) is 13.5. The second kappa shape index (κ2) is 11.0. The number of benzene rings is 3. The molecule has 3 aromatic carbocycles. The maximum Gasteiger partial charge on any atom is 0.261 e. The molecule has 0 aliphatic carbocycles. The first kappa shape index (κ1) is 24.3. The van der Waals surface area contributed by atoms with Gasteiger partial charge in [0.25, 0.3) is 8.32 Å². The van der Waals surface area contributed by atoms with Gasteiger partial charge in [-0.3, -0.25) is 0 Å². The molecule has 0 atom stereocenters. The lowest BCUT2D eigenvalue weighted by atomic mass is 10.0. The van der Waals surface area contributed by atoms with Crippen LogP contribution in [0.4, 0.5) is 0 Å². The Hall–Kier alpha value is -2.39. The Morgan fingerprint density at radius 1 is 0.875 bits per heavy atom. The van der Waals surface area contributed by atoms with E-state index >= 15 is 0 Å². The molecule has 0 aliphatic rings. The van der Waals surface area contributed by atoms with Crippen LogP contribution in [0.3, 0.4) is 0 Å². The van der Waals surface area contributed by atoms with E-state index < -0.39 is 8.32 Å². The number of hydrogen-bond acceptors (Lipinski definition) is 1. The molecule has 32 heavy (non-hydrogen) atoms.